The molecule has 0 unspecified atom stereocenters. The molecule has 0 bridgehead atoms. The minimum atomic E-state index is -0.260. The Morgan fingerprint density at radius 3 is 2.64 bits per heavy atom. The average Bonchev–Trinajstić information content (AvgIpc) is 2.09. The molecule has 1 heterocycles. The van der Waals surface area contributed by atoms with Crippen molar-refractivity contribution in [2.45, 2.75) is 6.92 Å². The van der Waals surface area contributed by atoms with Crippen molar-refractivity contribution in [3.8, 4) is 5.88 Å². The van der Waals surface area contributed by atoms with Gasteiger partial charge < -0.3 is 10.1 Å². The Morgan fingerprint density at radius 1 is 1.50 bits per heavy atom. The van der Waals surface area contributed by atoms with Gasteiger partial charge in [0.15, 0.2) is 5.82 Å². The fourth-order valence-corrected chi connectivity index (χ4v) is 1.33. The minimum absolute atomic E-state index is 0.222. The molecule has 0 aliphatic rings. The van der Waals surface area contributed by atoms with Crippen LogP contribution >= 0.6 is 23.2 Å². The van der Waals surface area contributed by atoms with Gasteiger partial charge in [0.25, 0.3) is 0 Å². The van der Waals surface area contributed by atoms with Crippen LogP contribution in [0.4, 0.5) is 5.82 Å². The zero-order valence-corrected chi connectivity index (χ0v) is 9.11. The van der Waals surface area contributed by atoms with Gasteiger partial charge in [-0.25, -0.2) is 0 Å². The number of hydrogen-bond donors (Lipinski definition) is 1. The van der Waals surface area contributed by atoms with Crippen molar-refractivity contribution in [1.29, 1.82) is 0 Å². The van der Waals surface area contributed by atoms with E-state index in [4.69, 9.17) is 27.9 Å². The number of aromatic nitrogens is 1. The van der Waals surface area contributed by atoms with E-state index in [0.29, 0.717) is 5.02 Å². The molecule has 1 aromatic heterocycles. The van der Waals surface area contributed by atoms with Crippen molar-refractivity contribution in [2.75, 3.05) is 12.4 Å². The maximum atomic E-state index is 10.8. The summed E-state index contributed by atoms with van der Waals surface area (Å²) < 4.78 is 4.87. The molecule has 0 aromatic carbocycles. The summed E-state index contributed by atoms with van der Waals surface area (Å²) in [6.45, 7) is 1.36. The lowest BCUT2D eigenvalue weighted by molar-refractivity contribution is -0.114. The van der Waals surface area contributed by atoms with E-state index in [9.17, 15) is 4.79 Å². The Hall–Kier alpha value is -1.00. The summed E-state index contributed by atoms with van der Waals surface area (Å²) in [6, 6.07) is 1.46. The third-order valence-electron chi connectivity index (χ3n) is 1.39. The second-order valence-electron chi connectivity index (χ2n) is 2.49. The van der Waals surface area contributed by atoms with Gasteiger partial charge in [-0.15, -0.1) is 0 Å². The summed E-state index contributed by atoms with van der Waals surface area (Å²) in [4.78, 5) is 14.7. The molecule has 1 rings (SSSR count). The minimum Gasteiger partial charge on any atom is -0.480 e. The van der Waals surface area contributed by atoms with E-state index in [2.05, 4.69) is 10.3 Å². The second-order valence-corrected chi connectivity index (χ2v) is 3.31. The summed E-state index contributed by atoms with van der Waals surface area (Å²) in [6.07, 6.45) is 0. The van der Waals surface area contributed by atoms with Crippen LogP contribution < -0.4 is 10.1 Å². The van der Waals surface area contributed by atoms with Crippen LogP contribution in [0.2, 0.25) is 10.0 Å². The molecule has 14 heavy (non-hydrogen) atoms. The van der Waals surface area contributed by atoms with E-state index >= 15 is 0 Å². The molecule has 0 atom stereocenters. The van der Waals surface area contributed by atoms with Crippen molar-refractivity contribution < 1.29 is 9.53 Å². The van der Waals surface area contributed by atoms with E-state index < -0.39 is 0 Å². The van der Waals surface area contributed by atoms with Gasteiger partial charge >= 0.3 is 0 Å². The Labute approximate surface area is 91.2 Å². The fourth-order valence-electron chi connectivity index (χ4n) is 0.847. The number of rotatable bonds is 2. The monoisotopic (exact) mass is 234 g/mol. The van der Waals surface area contributed by atoms with Gasteiger partial charge in [-0.2, -0.15) is 4.98 Å². The Bertz CT molecular complexity index is 369. The molecule has 76 valence electrons. The van der Waals surface area contributed by atoms with Gasteiger partial charge in [0.2, 0.25) is 11.8 Å². The fraction of sp³-hybridized carbons (Fsp3) is 0.250. The van der Waals surface area contributed by atoms with Crippen molar-refractivity contribution in [2.24, 2.45) is 0 Å². The normalized spacial score (nSPS) is 9.71. The van der Waals surface area contributed by atoms with Gasteiger partial charge in [-0.05, 0) is 6.07 Å². The van der Waals surface area contributed by atoms with Gasteiger partial charge in [-0.3, -0.25) is 4.79 Å². The third kappa shape index (κ3) is 2.49. The number of carbonyl (C=O) groups excluding carboxylic acids is 1. The number of ether oxygens (including phenoxy) is 1. The number of nitrogens with one attached hydrogen (secondary N) is 1. The van der Waals surface area contributed by atoms with Crippen molar-refractivity contribution >= 4 is 34.9 Å². The number of hydrogen-bond acceptors (Lipinski definition) is 3. The molecular weight excluding hydrogens is 227 g/mol. The number of amides is 1. The van der Waals surface area contributed by atoms with Crippen LogP contribution in [0.3, 0.4) is 0 Å². The maximum absolute atomic E-state index is 10.8. The van der Waals surface area contributed by atoms with E-state index in [0.717, 1.165) is 0 Å². The lowest BCUT2D eigenvalue weighted by Gasteiger charge is -2.07. The first kappa shape index (κ1) is 11.1. The Morgan fingerprint density at radius 2 is 2.14 bits per heavy atom. The van der Waals surface area contributed by atoms with Crippen LogP contribution in [0.1, 0.15) is 6.92 Å². The lowest BCUT2D eigenvalue weighted by atomic mass is 10.4. The largest absolute Gasteiger partial charge is 0.480 e. The van der Waals surface area contributed by atoms with E-state index in [1.165, 1.54) is 20.1 Å². The molecule has 1 N–H and O–H groups in total. The van der Waals surface area contributed by atoms with Crippen LogP contribution in [-0.2, 0) is 4.79 Å². The number of methoxy groups -OCH3 is 1. The Balaban J connectivity index is 3.10. The molecule has 0 aliphatic carbocycles. The highest BCUT2D eigenvalue weighted by molar-refractivity contribution is 6.37. The van der Waals surface area contributed by atoms with Gasteiger partial charge in [-0.1, -0.05) is 23.2 Å². The molecule has 0 aliphatic heterocycles. The first-order valence-corrected chi connectivity index (χ1v) is 4.47. The summed E-state index contributed by atoms with van der Waals surface area (Å²) in [7, 11) is 1.43. The van der Waals surface area contributed by atoms with E-state index in [-0.39, 0.29) is 22.6 Å². The zero-order chi connectivity index (χ0) is 10.7. The highest BCUT2D eigenvalue weighted by atomic mass is 35.5. The quantitative estimate of drug-likeness (QED) is 0.855. The molecule has 6 heteroatoms. The molecule has 1 aromatic rings. The lowest BCUT2D eigenvalue weighted by Crippen LogP contribution is -2.08. The van der Waals surface area contributed by atoms with Crippen molar-refractivity contribution in [1.82, 2.24) is 4.98 Å². The Kier molecular flexibility index (Phi) is 3.55. The van der Waals surface area contributed by atoms with Gasteiger partial charge in [0.05, 0.1) is 12.1 Å². The number of pyridine rings is 1. The van der Waals surface area contributed by atoms with E-state index in [1.54, 1.807) is 0 Å². The third-order valence-corrected chi connectivity index (χ3v) is 1.94. The standard InChI is InChI=1S/C8H8Cl2N2O2/c1-4(13)11-7-5(9)3-6(10)8(12-7)14-2/h3H,1-2H3,(H,11,12,13). The number of halogens is 2. The highest BCUT2D eigenvalue weighted by Crippen LogP contribution is 2.30. The molecule has 0 fully saturated rings. The van der Waals surface area contributed by atoms with E-state index in [1.807, 2.05) is 0 Å². The van der Waals surface area contributed by atoms with Crippen LogP contribution in [-0.4, -0.2) is 18.0 Å². The molecule has 0 saturated carbocycles. The summed E-state index contributed by atoms with van der Waals surface area (Å²) in [5.41, 5.74) is 0. The number of carbonyl (C=O) groups is 1. The van der Waals surface area contributed by atoms with Crippen LogP contribution in [0.5, 0.6) is 5.88 Å². The molecule has 0 saturated heterocycles. The van der Waals surface area contributed by atoms with Crippen molar-refractivity contribution in [3.05, 3.63) is 16.1 Å². The van der Waals surface area contributed by atoms with Gasteiger partial charge in [0, 0.05) is 6.92 Å². The smallest absolute Gasteiger partial charge is 0.234 e. The second kappa shape index (κ2) is 4.48. The number of anilines is 1. The maximum Gasteiger partial charge on any atom is 0.234 e. The molecule has 1 amide bonds. The van der Waals surface area contributed by atoms with Gasteiger partial charge in [0.1, 0.15) is 5.02 Å². The summed E-state index contributed by atoms with van der Waals surface area (Å²) in [5, 5.41) is 3.02. The van der Waals surface area contributed by atoms with Crippen molar-refractivity contribution in [3.63, 3.8) is 0 Å². The highest BCUT2D eigenvalue weighted by Gasteiger charge is 2.10. The molecule has 0 spiro atoms. The summed E-state index contributed by atoms with van der Waals surface area (Å²) in [5.74, 6) is 0.198. The first-order chi connectivity index (χ1) is 6.54. The molecule has 0 radical (unpaired) electrons. The molecule has 4 nitrogen and oxygen atoms in total. The topological polar surface area (TPSA) is 51.2 Å². The number of nitrogens with zero attached hydrogens (tertiary/aromatic N) is 1. The van der Waals surface area contributed by atoms with Crippen LogP contribution in [0.15, 0.2) is 6.07 Å². The predicted octanol–water partition coefficient (Wildman–Crippen LogP) is 2.36. The molecular formula is C8H8Cl2N2O2. The predicted molar refractivity (Wildman–Crippen MR) is 55.1 cm³/mol. The average molecular weight is 235 g/mol. The SMILES string of the molecule is COc1nc(NC(C)=O)c(Cl)cc1Cl. The van der Waals surface area contributed by atoms with Crippen LogP contribution in [0.25, 0.3) is 0 Å². The summed E-state index contributed by atoms with van der Waals surface area (Å²) >= 11 is 11.5. The van der Waals surface area contributed by atoms with Crippen LogP contribution in [0, 0.1) is 0 Å². The first-order valence-electron chi connectivity index (χ1n) is 3.72. The zero-order valence-electron chi connectivity index (χ0n) is 7.60.